The van der Waals surface area contributed by atoms with Gasteiger partial charge in [-0.05, 0) is 39.7 Å². The van der Waals surface area contributed by atoms with E-state index in [0.29, 0.717) is 25.3 Å². The van der Waals surface area contributed by atoms with Crippen molar-refractivity contribution < 1.29 is 17.9 Å². The third-order valence-corrected chi connectivity index (χ3v) is 4.58. The first-order valence-electron chi connectivity index (χ1n) is 8.71. The molecule has 26 heavy (non-hydrogen) atoms. The first kappa shape index (κ1) is 18.8. The predicted octanol–water partition coefficient (Wildman–Crippen LogP) is 3.92. The Bertz CT molecular complexity index is 770. The lowest BCUT2D eigenvalue weighted by Crippen LogP contribution is -2.34. The van der Waals surface area contributed by atoms with Gasteiger partial charge in [0.1, 0.15) is 17.3 Å². The first-order chi connectivity index (χ1) is 12.1. The van der Waals surface area contributed by atoms with Crippen molar-refractivity contribution in [3.05, 3.63) is 41.5 Å². The monoisotopic (exact) mass is 368 g/mol. The molecule has 142 valence electrons. The molecule has 1 fully saturated rings. The molecule has 0 amide bonds. The number of hydrogen-bond acceptors (Lipinski definition) is 4. The zero-order chi connectivity index (χ0) is 18.9. The van der Waals surface area contributed by atoms with Crippen molar-refractivity contribution in [3.8, 4) is 0 Å². The van der Waals surface area contributed by atoms with Crippen LogP contribution < -0.4 is 0 Å². The number of rotatable bonds is 4. The molecular formula is C18H23F3N4O. The molecule has 8 heteroatoms. The minimum atomic E-state index is -4.46. The van der Waals surface area contributed by atoms with E-state index in [1.54, 1.807) is 13.1 Å². The van der Waals surface area contributed by atoms with Crippen LogP contribution in [0.4, 0.5) is 13.2 Å². The number of imidazole rings is 1. The zero-order valence-corrected chi connectivity index (χ0v) is 15.2. The van der Waals surface area contributed by atoms with E-state index in [-0.39, 0.29) is 17.3 Å². The molecule has 0 aliphatic carbocycles. The Labute approximate surface area is 150 Å². The summed E-state index contributed by atoms with van der Waals surface area (Å²) in [6.45, 7) is 6.85. The van der Waals surface area contributed by atoms with Gasteiger partial charge in [0.05, 0.1) is 5.60 Å². The fourth-order valence-electron chi connectivity index (χ4n) is 3.43. The summed E-state index contributed by atoms with van der Waals surface area (Å²) in [5.74, 6) is 1.42. The topological polar surface area (TPSA) is 52.8 Å². The average Bonchev–Trinajstić information content (AvgIpc) is 2.99. The number of nitrogens with zero attached hydrogens (tertiary/aromatic N) is 4. The van der Waals surface area contributed by atoms with E-state index in [2.05, 4.69) is 28.8 Å². The fraction of sp³-hybridized carbons (Fsp3) is 0.611. The highest BCUT2D eigenvalue weighted by Gasteiger charge is 2.34. The van der Waals surface area contributed by atoms with Gasteiger partial charge in [0, 0.05) is 43.6 Å². The molecule has 0 radical (unpaired) electrons. The molecule has 2 aromatic heterocycles. The van der Waals surface area contributed by atoms with Crippen molar-refractivity contribution >= 4 is 0 Å². The lowest BCUT2D eigenvalue weighted by molar-refractivity contribution is -0.141. The lowest BCUT2D eigenvalue weighted by Gasteiger charge is -2.35. The highest BCUT2D eigenvalue weighted by atomic mass is 19.4. The predicted molar refractivity (Wildman–Crippen MR) is 89.7 cm³/mol. The van der Waals surface area contributed by atoms with Gasteiger partial charge in [0.15, 0.2) is 0 Å². The highest BCUT2D eigenvalue weighted by molar-refractivity contribution is 5.13. The maximum absolute atomic E-state index is 12.9. The second-order valence-corrected chi connectivity index (χ2v) is 7.34. The molecule has 3 rings (SSSR count). The van der Waals surface area contributed by atoms with E-state index in [0.717, 1.165) is 24.7 Å². The number of ether oxygens (including phenoxy) is 1. The van der Waals surface area contributed by atoms with Gasteiger partial charge in [-0.2, -0.15) is 13.2 Å². The molecule has 1 aliphatic heterocycles. The molecule has 0 aromatic carbocycles. The van der Waals surface area contributed by atoms with Crippen molar-refractivity contribution in [1.29, 1.82) is 0 Å². The van der Waals surface area contributed by atoms with Crippen LogP contribution in [0.2, 0.25) is 0 Å². The number of alkyl halides is 3. The van der Waals surface area contributed by atoms with Gasteiger partial charge in [0.2, 0.25) is 0 Å². The molecule has 1 atom stereocenters. The van der Waals surface area contributed by atoms with Crippen LogP contribution in [-0.2, 0) is 23.9 Å². The molecule has 5 nitrogen and oxygen atoms in total. The van der Waals surface area contributed by atoms with Crippen LogP contribution in [-0.4, -0.2) is 31.7 Å². The van der Waals surface area contributed by atoms with Gasteiger partial charge in [-0.3, -0.25) is 0 Å². The van der Waals surface area contributed by atoms with E-state index in [1.165, 1.54) is 0 Å². The van der Waals surface area contributed by atoms with Crippen LogP contribution in [0.5, 0.6) is 0 Å². The largest absolute Gasteiger partial charge is 0.433 e. The average molecular weight is 368 g/mol. The Morgan fingerprint density at radius 3 is 2.77 bits per heavy atom. The second-order valence-electron chi connectivity index (χ2n) is 7.34. The van der Waals surface area contributed by atoms with Crippen molar-refractivity contribution in [2.75, 3.05) is 6.61 Å². The van der Waals surface area contributed by atoms with E-state index in [9.17, 15) is 13.2 Å². The van der Waals surface area contributed by atoms with Crippen molar-refractivity contribution in [2.45, 2.75) is 64.3 Å². The number of aromatic nitrogens is 4. The third kappa shape index (κ3) is 4.41. The Morgan fingerprint density at radius 1 is 1.31 bits per heavy atom. The minimum absolute atomic E-state index is 0.193. The van der Waals surface area contributed by atoms with Gasteiger partial charge in [-0.25, -0.2) is 15.0 Å². The summed E-state index contributed by atoms with van der Waals surface area (Å²) in [7, 11) is 0. The lowest BCUT2D eigenvalue weighted by atomic mass is 9.88. The summed E-state index contributed by atoms with van der Waals surface area (Å²) in [4.78, 5) is 12.3. The van der Waals surface area contributed by atoms with Crippen LogP contribution in [0.15, 0.2) is 18.5 Å². The summed E-state index contributed by atoms with van der Waals surface area (Å²) >= 11 is 0. The third-order valence-electron chi connectivity index (χ3n) is 4.58. The molecule has 0 saturated carbocycles. The smallest absolute Gasteiger partial charge is 0.376 e. The molecule has 0 bridgehead atoms. The van der Waals surface area contributed by atoms with E-state index in [4.69, 9.17) is 4.74 Å². The van der Waals surface area contributed by atoms with Crippen molar-refractivity contribution in [3.63, 3.8) is 0 Å². The summed E-state index contributed by atoms with van der Waals surface area (Å²) in [6, 6.07) is 0.969. The van der Waals surface area contributed by atoms with Crippen LogP contribution in [0.1, 0.15) is 55.6 Å². The maximum Gasteiger partial charge on any atom is 0.433 e. The molecule has 1 aliphatic rings. The zero-order valence-electron chi connectivity index (χ0n) is 15.2. The summed E-state index contributed by atoms with van der Waals surface area (Å²) in [5, 5.41) is 0. The Morgan fingerprint density at radius 2 is 2.08 bits per heavy atom. The molecule has 2 aromatic rings. The van der Waals surface area contributed by atoms with E-state index < -0.39 is 11.9 Å². The first-order valence-corrected chi connectivity index (χ1v) is 8.71. The van der Waals surface area contributed by atoms with Crippen molar-refractivity contribution in [2.24, 2.45) is 0 Å². The number of aryl methyl sites for hydroxylation is 3. The Hall–Kier alpha value is -1.96. The number of halogens is 3. The van der Waals surface area contributed by atoms with Crippen LogP contribution in [0, 0.1) is 6.92 Å². The van der Waals surface area contributed by atoms with Crippen LogP contribution >= 0.6 is 0 Å². The van der Waals surface area contributed by atoms with Crippen molar-refractivity contribution in [1.82, 2.24) is 19.5 Å². The molecule has 0 N–H and O–H groups in total. The fourth-order valence-corrected chi connectivity index (χ4v) is 3.43. The van der Waals surface area contributed by atoms with Gasteiger partial charge in [0.25, 0.3) is 0 Å². The molecule has 0 spiro atoms. The minimum Gasteiger partial charge on any atom is -0.376 e. The normalized spacial score (nSPS) is 20.3. The Balaban J connectivity index is 1.74. The number of hydrogen-bond donors (Lipinski definition) is 0. The molecular weight excluding hydrogens is 345 g/mol. The molecule has 3 heterocycles. The van der Waals surface area contributed by atoms with Gasteiger partial charge in [-0.1, -0.05) is 0 Å². The summed E-state index contributed by atoms with van der Waals surface area (Å²) in [5.41, 5.74) is -0.766. The van der Waals surface area contributed by atoms with E-state index in [1.807, 2.05) is 10.8 Å². The van der Waals surface area contributed by atoms with Crippen LogP contribution in [0.25, 0.3) is 0 Å². The quantitative estimate of drug-likeness (QED) is 0.821. The van der Waals surface area contributed by atoms with Crippen LogP contribution in [0.3, 0.4) is 0 Å². The van der Waals surface area contributed by atoms with Gasteiger partial charge in [-0.15, -0.1) is 0 Å². The highest BCUT2D eigenvalue weighted by Crippen LogP contribution is 2.35. The summed E-state index contributed by atoms with van der Waals surface area (Å²) < 4.78 is 46.5. The maximum atomic E-state index is 12.9. The SMILES string of the molecule is Cc1cc(C(F)(F)F)nc(CCn2ccnc2[C@@H]2CCOC(C)(C)C2)n1. The standard InChI is InChI=1S/C18H23F3N4O/c1-12-10-14(18(19,20)21)24-15(23-12)4-7-25-8-6-22-16(25)13-5-9-26-17(2,3)11-13/h6,8,10,13H,4-5,7,9,11H2,1-3H3/t13-/m1/s1. The molecule has 1 saturated heterocycles. The van der Waals surface area contributed by atoms with E-state index >= 15 is 0 Å². The second kappa shape index (κ2) is 6.98. The Kier molecular flexibility index (Phi) is 5.05. The van der Waals surface area contributed by atoms with Gasteiger partial charge >= 0.3 is 6.18 Å². The molecule has 0 unspecified atom stereocenters. The van der Waals surface area contributed by atoms with Gasteiger partial charge < -0.3 is 9.30 Å². The summed E-state index contributed by atoms with van der Waals surface area (Å²) in [6.07, 6.45) is 1.20.